The van der Waals surface area contributed by atoms with Gasteiger partial charge in [-0.2, -0.15) is 0 Å². The van der Waals surface area contributed by atoms with Gasteiger partial charge in [-0.15, -0.1) is 0 Å². The number of hydrogen-bond donors (Lipinski definition) is 2. The highest BCUT2D eigenvalue weighted by Gasteiger charge is 2.05. The summed E-state index contributed by atoms with van der Waals surface area (Å²) in [5.41, 5.74) is 1.07. The molecule has 1 amide bonds. The Morgan fingerprint density at radius 3 is 2.64 bits per heavy atom. The maximum Gasteiger partial charge on any atom is 0.216 e. The molecule has 1 rings (SSSR count). The first kappa shape index (κ1) is 10.7. The van der Waals surface area contributed by atoms with E-state index in [0.29, 0.717) is 13.0 Å². The summed E-state index contributed by atoms with van der Waals surface area (Å²) in [5, 5.41) is 12.1. The minimum Gasteiger partial charge on any atom is -0.391 e. The molecular weight excluding hydrogens is 178 g/mol. The fraction of sp³-hybridized carbons (Fsp3) is 0.364. The van der Waals surface area contributed by atoms with E-state index in [4.69, 9.17) is 0 Å². The van der Waals surface area contributed by atoms with Gasteiger partial charge in [0.25, 0.3) is 0 Å². The van der Waals surface area contributed by atoms with Crippen molar-refractivity contribution in [1.29, 1.82) is 0 Å². The van der Waals surface area contributed by atoms with E-state index in [9.17, 15) is 9.90 Å². The summed E-state index contributed by atoms with van der Waals surface area (Å²) in [6, 6.07) is 9.71. The number of amides is 1. The second-order valence-electron chi connectivity index (χ2n) is 3.28. The van der Waals surface area contributed by atoms with Gasteiger partial charge >= 0.3 is 0 Å². The number of carbonyl (C=O) groups excluding carboxylic acids is 1. The van der Waals surface area contributed by atoms with Crippen molar-refractivity contribution in [1.82, 2.24) is 5.32 Å². The molecule has 0 saturated heterocycles. The molecule has 0 bridgehead atoms. The van der Waals surface area contributed by atoms with Crippen LogP contribution in [0.15, 0.2) is 30.3 Å². The Morgan fingerprint density at radius 1 is 1.43 bits per heavy atom. The van der Waals surface area contributed by atoms with Crippen LogP contribution >= 0.6 is 0 Å². The zero-order valence-corrected chi connectivity index (χ0v) is 8.23. The first-order valence-corrected chi connectivity index (χ1v) is 4.65. The third kappa shape index (κ3) is 4.05. The third-order valence-electron chi connectivity index (χ3n) is 1.90. The van der Waals surface area contributed by atoms with Crippen molar-refractivity contribution in [2.45, 2.75) is 19.4 Å². The van der Waals surface area contributed by atoms with E-state index in [1.165, 1.54) is 6.92 Å². The standard InChI is InChI=1S/C11H15NO2/c1-9(13)12-8-11(14)7-10-5-3-2-4-6-10/h2-6,11,14H,7-8H2,1H3,(H,12,13). The van der Waals surface area contributed by atoms with E-state index in [0.717, 1.165) is 5.56 Å². The van der Waals surface area contributed by atoms with Crippen LogP contribution in [0.1, 0.15) is 12.5 Å². The Labute approximate surface area is 83.8 Å². The zero-order chi connectivity index (χ0) is 10.4. The summed E-state index contributed by atoms with van der Waals surface area (Å²) < 4.78 is 0. The lowest BCUT2D eigenvalue weighted by molar-refractivity contribution is -0.119. The second kappa shape index (κ2) is 5.40. The monoisotopic (exact) mass is 193 g/mol. The zero-order valence-electron chi connectivity index (χ0n) is 8.23. The normalized spacial score (nSPS) is 12.1. The van der Waals surface area contributed by atoms with Crippen LogP contribution in [-0.4, -0.2) is 23.7 Å². The van der Waals surface area contributed by atoms with Crippen LogP contribution in [0.3, 0.4) is 0 Å². The predicted octanol–water partition coefficient (Wildman–Crippen LogP) is 0.726. The Balaban J connectivity index is 2.34. The smallest absolute Gasteiger partial charge is 0.216 e. The molecule has 0 aliphatic rings. The minimum absolute atomic E-state index is 0.114. The number of hydrogen-bond acceptors (Lipinski definition) is 2. The summed E-state index contributed by atoms with van der Waals surface area (Å²) in [6.45, 7) is 1.75. The molecule has 1 atom stereocenters. The Kier molecular flexibility index (Phi) is 4.13. The van der Waals surface area contributed by atoms with Crippen LogP contribution in [0.25, 0.3) is 0 Å². The van der Waals surface area contributed by atoms with Gasteiger partial charge in [0, 0.05) is 19.9 Å². The number of nitrogens with one attached hydrogen (secondary N) is 1. The number of aliphatic hydroxyl groups excluding tert-OH is 1. The number of benzene rings is 1. The lowest BCUT2D eigenvalue weighted by Gasteiger charge is -2.10. The Morgan fingerprint density at radius 2 is 2.07 bits per heavy atom. The third-order valence-corrected chi connectivity index (χ3v) is 1.90. The second-order valence-corrected chi connectivity index (χ2v) is 3.28. The van der Waals surface area contributed by atoms with E-state index in [1.54, 1.807) is 0 Å². The molecule has 0 aromatic heterocycles. The fourth-order valence-electron chi connectivity index (χ4n) is 1.22. The Hall–Kier alpha value is -1.35. The molecule has 0 radical (unpaired) electrons. The molecule has 3 heteroatoms. The summed E-state index contributed by atoms with van der Waals surface area (Å²) in [4.78, 5) is 10.6. The number of rotatable bonds is 4. The number of carbonyl (C=O) groups is 1. The van der Waals surface area contributed by atoms with Crippen molar-refractivity contribution >= 4 is 5.91 Å². The van der Waals surface area contributed by atoms with E-state index in [2.05, 4.69) is 5.32 Å². The molecule has 0 saturated carbocycles. The molecule has 3 nitrogen and oxygen atoms in total. The molecular formula is C11H15NO2. The average molecular weight is 193 g/mol. The first-order valence-electron chi connectivity index (χ1n) is 4.65. The summed E-state index contributed by atoms with van der Waals surface area (Å²) in [5.74, 6) is -0.114. The first-order chi connectivity index (χ1) is 6.68. The highest BCUT2D eigenvalue weighted by molar-refractivity contribution is 5.72. The van der Waals surface area contributed by atoms with E-state index in [1.807, 2.05) is 30.3 Å². The fourth-order valence-corrected chi connectivity index (χ4v) is 1.22. The van der Waals surface area contributed by atoms with Gasteiger partial charge in [0.15, 0.2) is 0 Å². The summed E-state index contributed by atoms with van der Waals surface area (Å²) in [7, 11) is 0. The molecule has 0 spiro atoms. The lowest BCUT2D eigenvalue weighted by atomic mass is 10.1. The molecule has 14 heavy (non-hydrogen) atoms. The quantitative estimate of drug-likeness (QED) is 0.740. The van der Waals surface area contributed by atoms with Gasteiger partial charge < -0.3 is 10.4 Å². The average Bonchev–Trinajstić information content (AvgIpc) is 2.16. The number of aliphatic hydroxyl groups is 1. The van der Waals surface area contributed by atoms with Crippen LogP contribution in [0.4, 0.5) is 0 Å². The highest BCUT2D eigenvalue weighted by atomic mass is 16.3. The molecule has 2 N–H and O–H groups in total. The molecule has 1 aromatic carbocycles. The van der Waals surface area contributed by atoms with E-state index < -0.39 is 6.10 Å². The minimum atomic E-state index is -0.513. The Bertz CT molecular complexity index is 285. The molecule has 76 valence electrons. The SMILES string of the molecule is CC(=O)NCC(O)Cc1ccccc1. The van der Waals surface area contributed by atoms with Gasteiger partial charge in [0.2, 0.25) is 5.91 Å². The molecule has 0 aliphatic heterocycles. The largest absolute Gasteiger partial charge is 0.391 e. The van der Waals surface area contributed by atoms with Crippen LogP contribution in [-0.2, 0) is 11.2 Å². The molecule has 1 aromatic rings. The van der Waals surface area contributed by atoms with Crippen molar-refractivity contribution in [2.75, 3.05) is 6.54 Å². The topological polar surface area (TPSA) is 49.3 Å². The molecule has 0 aliphatic carbocycles. The molecule has 0 heterocycles. The van der Waals surface area contributed by atoms with E-state index in [-0.39, 0.29) is 5.91 Å². The van der Waals surface area contributed by atoms with Gasteiger partial charge in [-0.05, 0) is 5.56 Å². The van der Waals surface area contributed by atoms with Gasteiger partial charge in [0.05, 0.1) is 6.10 Å². The van der Waals surface area contributed by atoms with Crippen LogP contribution < -0.4 is 5.32 Å². The van der Waals surface area contributed by atoms with Gasteiger partial charge in [-0.1, -0.05) is 30.3 Å². The van der Waals surface area contributed by atoms with Crippen LogP contribution in [0.2, 0.25) is 0 Å². The van der Waals surface area contributed by atoms with Crippen LogP contribution in [0, 0.1) is 0 Å². The van der Waals surface area contributed by atoms with Gasteiger partial charge in [-0.25, -0.2) is 0 Å². The lowest BCUT2D eigenvalue weighted by Crippen LogP contribution is -2.31. The van der Waals surface area contributed by atoms with Crippen molar-refractivity contribution in [3.63, 3.8) is 0 Å². The van der Waals surface area contributed by atoms with Gasteiger partial charge in [-0.3, -0.25) is 4.79 Å². The van der Waals surface area contributed by atoms with Crippen molar-refractivity contribution in [3.05, 3.63) is 35.9 Å². The summed E-state index contributed by atoms with van der Waals surface area (Å²) in [6.07, 6.45) is 0.0579. The van der Waals surface area contributed by atoms with Crippen molar-refractivity contribution in [2.24, 2.45) is 0 Å². The van der Waals surface area contributed by atoms with Crippen LogP contribution in [0.5, 0.6) is 0 Å². The van der Waals surface area contributed by atoms with Gasteiger partial charge in [0.1, 0.15) is 0 Å². The highest BCUT2D eigenvalue weighted by Crippen LogP contribution is 2.02. The predicted molar refractivity (Wildman–Crippen MR) is 54.8 cm³/mol. The van der Waals surface area contributed by atoms with Crippen molar-refractivity contribution in [3.8, 4) is 0 Å². The maximum absolute atomic E-state index is 10.6. The van der Waals surface area contributed by atoms with Crippen molar-refractivity contribution < 1.29 is 9.90 Å². The van der Waals surface area contributed by atoms with E-state index >= 15 is 0 Å². The molecule has 1 unspecified atom stereocenters. The maximum atomic E-state index is 10.6. The summed E-state index contributed by atoms with van der Waals surface area (Å²) >= 11 is 0. The molecule has 0 fully saturated rings.